The number of benzene rings is 3. The highest BCUT2D eigenvalue weighted by molar-refractivity contribution is 7.92. The maximum atomic E-state index is 13.5. The summed E-state index contributed by atoms with van der Waals surface area (Å²) >= 11 is 0. The highest BCUT2D eigenvalue weighted by Gasteiger charge is 2.28. The Hall–Kier alpha value is -3.47. The number of nitrogens with zero attached hydrogens (tertiary/aromatic N) is 3. The summed E-state index contributed by atoms with van der Waals surface area (Å²) in [6, 6.07) is 17.6. The van der Waals surface area contributed by atoms with Crippen LogP contribution in [0.5, 0.6) is 17.2 Å². The molecule has 3 aromatic rings. The van der Waals surface area contributed by atoms with Gasteiger partial charge in [0.15, 0.2) is 11.5 Å². The second-order valence-corrected chi connectivity index (χ2v) is 11.3. The number of ether oxygens (including phenoxy) is 3. The topological polar surface area (TPSA) is 88.6 Å². The lowest BCUT2D eigenvalue weighted by Crippen LogP contribution is -2.48. The van der Waals surface area contributed by atoms with Crippen molar-refractivity contribution < 1.29 is 27.4 Å². The van der Waals surface area contributed by atoms with Crippen LogP contribution in [0.2, 0.25) is 0 Å². The summed E-state index contributed by atoms with van der Waals surface area (Å²) < 4.78 is 44.3. The molecule has 0 atom stereocenters. The van der Waals surface area contributed by atoms with Gasteiger partial charge in [-0.25, -0.2) is 8.42 Å². The van der Waals surface area contributed by atoms with Crippen LogP contribution in [0.4, 0.5) is 5.69 Å². The Labute approximate surface area is 235 Å². The Morgan fingerprint density at radius 2 is 1.69 bits per heavy atom. The van der Waals surface area contributed by atoms with Gasteiger partial charge in [-0.3, -0.25) is 14.0 Å². The fourth-order valence-corrected chi connectivity index (χ4v) is 5.98. The van der Waals surface area contributed by atoms with Gasteiger partial charge in [-0.05, 0) is 54.4 Å². The molecule has 2 heterocycles. The maximum Gasteiger partial charge on any atom is 0.264 e. The summed E-state index contributed by atoms with van der Waals surface area (Å²) in [5.74, 6) is 1.80. The van der Waals surface area contributed by atoms with Crippen molar-refractivity contribution in [2.24, 2.45) is 0 Å². The van der Waals surface area contributed by atoms with Gasteiger partial charge in [-0.15, -0.1) is 12.4 Å². The number of para-hydroxylation sites is 2. The number of rotatable bonds is 7. The maximum absolute atomic E-state index is 13.5. The van der Waals surface area contributed by atoms with Crippen LogP contribution in [-0.2, 0) is 16.6 Å². The zero-order chi connectivity index (χ0) is 26.9. The van der Waals surface area contributed by atoms with Gasteiger partial charge in [0, 0.05) is 45.3 Å². The summed E-state index contributed by atoms with van der Waals surface area (Å²) in [5, 5.41) is 0. The van der Waals surface area contributed by atoms with Crippen LogP contribution in [0.15, 0.2) is 65.6 Å². The molecule has 39 heavy (non-hydrogen) atoms. The highest BCUT2D eigenvalue weighted by Crippen LogP contribution is 2.33. The molecule has 2 aliphatic rings. The molecule has 1 saturated heterocycles. The number of piperazine rings is 1. The monoisotopic (exact) mass is 573 g/mol. The lowest BCUT2D eigenvalue weighted by atomic mass is 10.1. The van der Waals surface area contributed by atoms with Crippen LogP contribution in [0.3, 0.4) is 0 Å². The molecule has 11 heteroatoms. The molecular formula is C28H32ClN3O6S. The first-order chi connectivity index (χ1) is 18.3. The molecule has 3 aromatic carbocycles. The van der Waals surface area contributed by atoms with Gasteiger partial charge in [-0.1, -0.05) is 24.3 Å². The summed E-state index contributed by atoms with van der Waals surface area (Å²) in [4.78, 5) is 17.6. The number of halogens is 1. The molecule has 2 aliphatic heterocycles. The Balaban J connectivity index is 0.00000353. The van der Waals surface area contributed by atoms with Crippen molar-refractivity contribution >= 4 is 34.0 Å². The minimum atomic E-state index is -3.92. The molecule has 0 N–H and O–H groups in total. The number of carbonyl (C=O) groups is 1. The van der Waals surface area contributed by atoms with Gasteiger partial charge in [0.1, 0.15) is 5.75 Å². The van der Waals surface area contributed by atoms with E-state index in [1.165, 1.54) is 30.6 Å². The minimum absolute atomic E-state index is 0. The third-order valence-electron chi connectivity index (χ3n) is 7.02. The summed E-state index contributed by atoms with van der Waals surface area (Å²) in [6.07, 6.45) is 0. The van der Waals surface area contributed by atoms with Gasteiger partial charge >= 0.3 is 0 Å². The Bertz CT molecular complexity index is 1460. The van der Waals surface area contributed by atoms with E-state index in [1.807, 2.05) is 25.1 Å². The predicted molar refractivity (Wildman–Crippen MR) is 151 cm³/mol. The SMILES string of the molecule is COc1ccccc1N(C)S(=O)(=O)c1ccc(C)c(C(=O)N2CCN(Cc3ccc4c(c3)OCO4)CC2)c1.Cl. The highest BCUT2D eigenvalue weighted by atomic mass is 35.5. The number of hydrogen-bond donors (Lipinski definition) is 0. The molecule has 208 valence electrons. The molecule has 0 radical (unpaired) electrons. The molecule has 9 nitrogen and oxygen atoms in total. The number of fused-ring (bicyclic) bond motifs is 1. The second kappa shape index (κ2) is 11.7. The van der Waals surface area contributed by atoms with E-state index in [-0.39, 0.29) is 30.0 Å². The number of sulfonamides is 1. The fraction of sp³-hybridized carbons (Fsp3) is 0.321. The molecule has 0 aromatic heterocycles. The average Bonchev–Trinajstić information content (AvgIpc) is 3.41. The van der Waals surface area contributed by atoms with Crippen molar-refractivity contribution in [2.75, 3.05) is 51.4 Å². The Kier molecular flexibility index (Phi) is 8.58. The molecule has 5 rings (SSSR count). The number of carbonyl (C=O) groups excluding carboxylic acids is 1. The van der Waals surface area contributed by atoms with E-state index in [1.54, 1.807) is 35.2 Å². The molecule has 0 spiro atoms. The molecule has 0 unspecified atom stereocenters. The predicted octanol–water partition coefficient (Wildman–Crippen LogP) is 3.94. The first kappa shape index (κ1) is 28.5. The summed E-state index contributed by atoms with van der Waals surface area (Å²) in [7, 11) is -0.944. The molecule has 1 fully saturated rings. The zero-order valence-electron chi connectivity index (χ0n) is 22.1. The number of anilines is 1. The van der Waals surface area contributed by atoms with E-state index in [2.05, 4.69) is 4.90 Å². The molecule has 1 amide bonds. The van der Waals surface area contributed by atoms with Crippen LogP contribution in [0.25, 0.3) is 0 Å². The lowest BCUT2D eigenvalue weighted by Gasteiger charge is -2.35. The van der Waals surface area contributed by atoms with Crippen molar-refractivity contribution in [2.45, 2.75) is 18.4 Å². The van der Waals surface area contributed by atoms with Crippen LogP contribution in [-0.4, -0.2) is 71.3 Å². The van der Waals surface area contributed by atoms with E-state index < -0.39 is 10.0 Å². The minimum Gasteiger partial charge on any atom is -0.495 e. The summed E-state index contributed by atoms with van der Waals surface area (Å²) in [6.45, 7) is 5.37. The van der Waals surface area contributed by atoms with Crippen molar-refractivity contribution in [3.05, 3.63) is 77.4 Å². The smallest absolute Gasteiger partial charge is 0.264 e. The van der Waals surface area contributed by atoms with Gasteiger partial charge < -0.3 is 19.1 Å². The van der Waals surface area contributed by atoms with Crippen molar-refractivity contribution in [1.29, 1.82) is 0 Å². The van der Waals surface area contributed by atoms with Crippen LogP contribution in [0.1, 0.15) is 21.5 Å². The van der Waals surface area contributed by atoms with E-state index >= 15 is 0 Å². The Morgan fingerprint density at radius 3 is 2.44 bits per heavy atom. The standard InChI is InChI=1S/C28H31N3O6S.ClH/c1-20-8-10-22(38(33,34)29(2)24-6-4-5-7-25(24)35-3)17-23(20)28(32)31-14-12-30(13-15-31)18-21-9-11-26-27(16-21)37-19-36-26;/h4-11,16-17H,12-15,18-19H2,1-3H3;1H. The first-order valence-corrected chi connectivity index (χ1v) is 13.8. The van der Waals surface area contributed by atoms with Crippen molar-refractivity contribution in [3.8, 4) is 17.2 Å². The van der Waals surface area contributed by atoms with Crippen LogP contribution in [0, 0.1) is 6.92 Å². The third-order valence-corrected chi connectivity index (χ3v) is 8.79. The molecule has 0 bridgehead atoms. The van der Waals surface area contributed by atoms with Gasteiger partial charge in [0.05, 0.1) is 17.7 Å². The van der Waals surface area contributed by atoms with Crippen LogP contribution < -0.4 is 18.5 Å². The number of amides is 1. The van der Waals surface area contributed by atoms with Gasteiger partial charge in [-0.2, -0.15) is 0 Å². The normalized spacial score (nSPS) is 15.0. The average molecular weight is 574 g/mol. The number of aryl methyl sites for hydroxylation is 1. The van der Waals surface area contributed by atoms with E-state index in [4.69, 9.17) is 14.2 Å². The number of methoxy groups -OCH3 is 1. The molecule has 0 aliphatic carbocycles. The van der Waals surface area contributed by atoms with E-state index in [9.17, 15) is 13.2 Å². The molecular weight excluding hydrogens is 542 g/mol. The van der Waals surface area contributed by atoms with Crippen molar-refractivity contribution in [3.63, 3.8) is 0 Å². The Morgan fingerprint density at radius 1 is 0.974 bits per heavy atom. The van der Waals surface area contributed by atoms with Gasteiger partial charge in [0.25, 0.3) is 15.9 Å². The first-order valence-electron chi connectivity index (χ1n) is 12.4. The molecule has 0 saturated carbocycles. The van der Waals surface area contributed by atoms with Crippen LogP contribution >= 0.6 is 12.4 Å². The summed E-state index contributed by atoms with van der Waals surface area (Å²) in [5.41, 5.74) is 2.67. The largest absolute Gasteiger partial charge is 0.495 e. The number of hydrogen-bond acceptors (Lipinski definition) is 7. The third kappa shape index (κ3) is 5.78. The van der Waals surface area contributed by atoms with Gasteiger partial charge in [0.2, 0.25) is 6.79 Å². The lowest BCUT2D eigenvalue weighted by molar-refractivity contribution is 0.0627. The van der Waals surface area contributed by atoms with E-state index in [0.29, 0.717) is 43.2 Å². The van der Waals surface area contributed by atoms with E-state index in [0.717, 1.165) is 29.2 Å². The second-order valence-electron chi connectivity index (χ2n) is 9.38. The zero-order valence-corrected chi connectivity index (χ0v) is 23.8. The fourth-order valence-electron chi connectivity index (χ4n) is 4.75. The van der Waals surface area contributed by atoms with Crippen molar-refractivity contribution in [1.82, 2.24) is 9.80 Å². The quantitative estimate of drug-likeness (QED) is 0.423.